The van der Waals surface area contributed by atoms with Gasteiger partial charge in [-0.2, -0.15) is 0 Å². The van der Waals surface area contributed by atoms with E-state index < -0.39 is 0 Å². The minimum Gasteiger partial charge on any atom is -0.245 e. The first kappa shape index (κ1) is 10.2. The minimum absolute atomic E-state index is 1.11. The molecule has 0 aliphatic rings. The lowest BCUT2D eigenvalue weighted by atomic mass is 10.3. The van der Waals surface area contributed by atoms with Gasteiger partial charge in [-0.15, -0.1) is 11.3 Å². The van der Waals surface area contributed by atoms with Crippen LogP contribution >= 0.6 is 11.3 Å². The number of hydrogen-bond donors (Lipinski definition) is 0. The fraction of sp³-hybridized carbons (Fsp3) is 0.364. The number of thiophene rings is 1. The summed E-state index contributed by atoms with van der Waals surface area (Å²) in [7, 11) is 0. The highest BCUT2D eigenvalue weighted by Gasteiger charge is 1.98. The van der Waals surface area contributed by atoms with Gasteiger partial charge >= 0.3 is 0 Å². The first-order chi connectivity index (χ1) is 6.40. The Balaban J connectivity index is 0.000000396. The number of hydrogen-bond acceptors (Lipinski definition) is 2. The molecule has 0 unspecified atom stereocenters. The average Bonchev–Trinajstić information content (AvgIpc) is 2.63. The molecule has 0 aliphatic carbocycles. The molecule has 2 aromatic rings. The monoisotopic (exact) mass is 193 g/mol. The maximum absolute atomic E-state index is 4.27. The largest absolute Gasteiger partial charge is 0.245 e. The van der Waals surface area contributed by atoms with Gasteiger partial charge in [-0.3, -0.25) is 0 Å². The van der Waals surface area contributed by atoms with Crippen LogP contribution in [-0.4, -0.2) is 4.98 Å². The van der Waals surface area contributed by atoms with E-state index in [-0.39, 0.29) is 0 Å². The van der Waals surface area contributed by atoms with Gasteiger partial charge in [0.1, 0.15) is 4.83 Å². The zero-order chi connectivity index (χ0) is 9.68. The average molecular weight is 193 g/mol. The van der Waals surface area contributed by atoms with E-state index in [0.717, 1.165) is 11.3 Å². The Morgan fingerprint density at radius 2 is 2.15 bits per heavy atom. The van der Waals surface area contributed by atoms with Crippen molar-refractivity contribution >= 4 is 21.6 Å². The fourth-order valence-corrected chi connectivity index (χ4v) is 2.04. The topological polar surface area (TPSA) is 12.9 Å². The third-order valence-electron chi connectivity index (χ3n) is 1.69. The van der Waals surface area contributed by atoms with Gasteiger partial charge < -0.3 is 0 Å². The van der Waals surface area contributed by atoms with Crippen molar-refractivity contribution in [3.63, 3.8) is 0 Å². The lowest BCUT2D eigenvalue weighted by molar-refractivity contribution is 1.19. The van der Waals surface area contributed by atoms with Gasteiger partial charge in [-0.1, -0.05) is 26.8 Å². The van der Waals surface area contributed by atoms with Crippen molar-refractivity contribution in [1.82, 2.24) is 4.98 Å². The van der Waals surface area contributed by atoms with Crippen LogP contribution in [0, 0.1) is 0 Å². The van der Waals surface area contributed by atoms with E-state index in [2.05, 4.69) is 24.0 Å². The molecule has 0 aromatic carbocycles. The smallest absolute Gasteiger partial charge is 0.123 e. The number of fused-ring (bicyclic) bond motifs is 1. The van der Waals surface area contributed by atoms with E-state index >= 15 is 0 Å². The molecule has 0 radical (unpaired) electrons. The second-order valence-corrected chi connectivity index (χ2v) is 3.58. The Kier molecular flexibility index (Phi) is 3.90. The molecule has 0 fully saturated rings. The molecule has 0 atom stereocenters. The molecule has 0 spiro atoms. The van der Waals surface area contributed by atoms with Gasteiger partial charge in [-0.25, -0.2) is 4.98 Å². The van der Waals surface area contributed by atoms with Crippen LogP contribution in [0.1, 0.15) is 25.6 Å². The van der Waals surface area contributed by atoms with E-state index in [0.29, 0.717) is 0 Å². The van der Waals surface area contributed by atoms with Crippen LogP contribution in [-0.2, 0) is 6.42 Å². The van der Waals surface area contributed by atoms with Crippen LogP contribution in [0.3, 0.4) is 0 Å². The summed E-state index contributed by atoms with van der Waals surface area (Å²) in [5.74, 6) is 0. The second-order valence-electron chi connectivity index (χ2n) is 2.46. The van der Waals surface area contributed by atoms with Gasteiger partial charge in [0, 0.05) is 16.5 Å². The van der Waals surface area contributed by atoms with Crippen LogP contribution in [0.4, 0.5) is 0 Å². The predicted octanol–water partition coefficient (Wildman–Crippen LogP) is 3.88. The molecule has 0 aliphatic heterocycles. The Labute approximate surface area is 83.4 Å². The lowest BCUT2D eigenvalue weighted by Crippen LogP contribution is -1.65. The summed E-state index contributed by atoms with van der Waals surface area (Å²) >= 11 is 1.79. The molecule has 70 valence electrons. The molecule has 2 heterocycles. The van der Waals surface area contributed by atoms with Crippen molar-refractivity contribution in [2.24, 2.45) is 0 Å². The highest BCUT2D eigenvalue weighted by molar-refractivity contribution is 7.18. The highest BCUT2D eigenvalue weighted by Crippen LogP contribution is 2.22. The van der Waals surface area contributed by atoms with Crippen LogP contribution in [0.25, 0.3) is 10.2 Å². The van der Waals surface area contributed by atoms with Crippen molar-refractivity contribution in [3.8, 4) is 0 Å². The van der Waals surface area contributed by atoms with Crippen molar-refractivity contribution < 1.29 is 0 Å². The van der Waals surface area contributed by atoms with Crippen molar-refractivity contribution in [3.05, 3.63) is 29.3 Å². The Morgan fingerprint density at radius 3 is 2.77 bits per heavy atom. The number of aromatic nitrogens is 1. The zero-order valence-electron chi connectivity index (χ0n) is 8.37. The standard InChI is InChI=1S/C9H9NS.C2H6/c1-2-8-6-7-4-3-5-10-9(7)11-8;1-2/h3-6H,2H2,1H3;1-2H3. The summed E-state index contributed by atoms with van der Waals surface area (Å²) in [4.78, 5) is 6.84. The summed E-state index contributed by atoms with van der Waals surface area (Å²) in [5, 5.41) is 1.27. The molecule has 0 saturated heterocycles. The van der Waals surface area contributed by atoms with Crippen LogP contribution in [0.2, 0.25) is 0 Å². The maximum atomic E-state index is 4.27. The molecular formula is C11H15NS. The summed E-state index contributed by atoms with van der Waals surface area (Å²) < 4.78 is 0. The lowest BCUT2D eigenvalue weighted by Gasteiger charge is -1.81. The van der Waals surface area contributed by atoms with Crippen molar-refractivity contribution in [2.45, 2.75) is 27.2 Å². The molecule has 2 heteroatoms. The van der Waals surface area contributed by atoms with Gasteiger partial charge in [0.2, 0.25) is 0 Å². The SMILES string of the molecule is CC.CCc1cc2cccnc2s1. The molecule has 2 aromatic heterocycles. The fourth-order valence-electron chi connectivity index (χ4n) is 1.10. The van der Waals surface area contributed by atoms with Gasteiger partial charge in [0.25, 0.3) is 0 Å². The molecule has 0 saturated carbocycles. The number of nitrogens with zero attached hydrogens (tertiary/aromatic N) is 1. The van der Waals surface area contributed by atoms with Gasteiger partial charge in [0.15, 0.2) is 0 Å². The zero-order valence-corrected chi connectivity index (χ0v) is 9.19. The molecule has 13 heavy (non-hydrogen) atoms. The molecular weight excluding hydrogens is 178 g/mol. The third kappa shape index (κ3) is 2.28. The second kappa shape index (κ2) is 4.97. The van der Waals surface area contributed by atoms with E-state index in [9.17, 15) is 0 Å². The highest BCUT2D eigenvalue weighted by atomic mass is 32.1. The summed E-state index contributed by atoms with van der Waals surface area (Å²) in [5.41, 5.74) is 0. The molecule has 0 N–H and O–H groups in total. The minimum atomic E-state index is 1.11. The quantitative estimate of drug-likeness (QED) is 0.669. The maximum Gasteiger partial charge on any atom is 0.123 e. The molecule has 1 nitrogen and oxygen atoms in total. The van der Waals surface area contributed by atoms with Crippen molar-refractivity contribution in [2.75, 3.05) is 0 Å². The number of rotatable bonds is 1. The van der Waals surface area contributed by atoms with E-state index in [1.807, 2.05) is 26.1 Å². The van der Waals surface area contributed by atoms with E-state index in [4.69, 9.17) is 0 Å². The molecule has 0 amide bonds. The molecule has 2 rings (SSSR count). The summed E-state index contributed by atoms with van der Waals surface area (Å²) in [6.45, 7) is 6.17. The van der Waals surface area contributed by atoms with Crippen molar-refractivity contribution in [1.29, 1.82) is 0 Å². The van der Waals surface area contributed by atoms with Crippen LogP contribution in [0.15, 0.2) is 24.4 Å². The Morgan fingerprint density at radius 1 is 1.38 bits per heavy atom. The Hall–Kier alpha value is -0.890. The van der Waals surface area contributed by atoms with Crippen LogP contribution in [0.5, 0.6) is 0 Å². The Bertz CT molecular complexity index is 332. The van der Waals surface area contributed by atoms with Gasteiger partial charge in [-0.05, 0) is 18.6 Å². The summed E-state index contributed by atoms with van der Waals surface area (Å²) in [6, 6.07) is 6.31. The normalized spacial score (nSPS) is 9.46. The number of pyridine rings is 1. The van der Waals surface area contributed by atoms with E-state index in [1.54, 1.807) is 11.3 Å². The number of aryl methyl sites for hydroxylation is 1. The van der Waals surface area contributed by atoms with E-state index in [1.165, 1.54) is 10.3 Å². The third-order valence-corrected chi connectivity index (χ3v) is 2.90. The summed E-state index contributed by atoms with van der Waals surface area (Å²) in [6.07, 6.45) is 2.96. The van der Waals surface area contributed by atoms with Crippen LogP contribution < -0.4 is 0 Å². The first-order valence-corrected chi connectivity index (χ1v) is 5.55. The molecule has 0 bridgehead atoms. The van der Waals surface area contributed by atoms with Gasteiger partial charge in [0.05, 0.1) is 0 Å². The predicted molar refractivity (Wildman–Crippen MR) is 60.3 cm³/mol. The first-order valence-electron chi connectivity index (χ1n) is 4.73.